The number of thiazole rings is 1. The van der Waals surface area contributed by atoms with Gasteiger partial charge < -0.3 is 10.6 Å². The molecule has 0 aliphatic rings. The fraction of sp³-hybridized carbons (Fsp3) is 0.267. The van der Waals surface area contributed by atoms with Gasteiger partial charge in [-0.25, -0.2) is 9.78 Å². The van der Waals surface area contributed by atoms with Crippen molar-refractivity contribution in [3.05, 3.63) is 40.4 Å². The highest BCUT2D eigenvalue weighted by Gasteiger charge is 2.15. The van der Waals surface area contributed by atoms with Crippen LogP contribution in [0.15, 0.2) is 24.3 Å². The lowest BCUT2D eigenvalue weighted by Crippen LogP contribution is -2.22. The zero-order chi connectivity index (χ0) is 16.1. The second-order valence-corrected chi connectivity index (χ2v) is 5.74. The van der Waals surface area contributed by atoms with Crippen molar-refractivity contribution in [2.45, 2.75) is 20.8 Å². The highest BCUT2D eigenvalue weighted by Crippen LogP contribution is 2.22. The Morgan fingerprint density at radius 2 is 1.82 bits per heavy atom. The molecule has 0 saturated carbocycles. The van der Waals surface area contributed by atoms with Crippen molar-refractivity contribution in [3.8, 4) is 0 Å². The van der Waals surface area contributed by atoms with Crippen LogP contribution in [0.4, 0.5) is 15.6 Å². The minimum Gasteiger partial charge on any atom is -0.352 e. The van der Waals surface area contributed by atoms with Crippen molar-refractivity contribution in [1.82, 2.24) is 10.3 Å². The molecule has 0 bridgehead atoms. The number of amides is 3. The van der Waals surface area contributed by atoms with E-state index in [-0.39, 0.29) is 11.9 Å². The molecular formula is C15H18N4O2S. The maximum Gasteiger partial charge on any atom is 0.325 e. The second kappa shape index (κ2) is 7.04. The SMILES string of the molecule is CCNC(=O)c1sc(NC(=O)Nc2ccc(C)cc2)nc1C. The van der Waals surface area contributed by atoms with Crippen molar-refractivity contribution in [3.63, 3.8) is 0 Å². The van der Waals surface area contributed by atoms with E-state index in [1.165, 1.54) is 0 Å². The molecule has 0 fully saturated rings. The highest BCUT2D eigenvalue weighted by atomic mass is 32.1. The number of nitrogens with zero attached hydrogens (tertiary/aromatic N) is 1. The van der Waals surface area contributed by atoms with Gasteiger partial charge in [0.25, 0.3) is 5.91 Å². The summed E-state index contributed by atoms with van der Waals surface area (Å²) in [5.74, 6) is -0.176. The number of anilines is 2. The smallest absolute Gasteiger partial charge is 0.325 e. The topological polar surface area (TPSA) is 83.1 Å². The molecule has 3 amide bonds. The van der Waals surface area contributed by atoms with Crippen LogP contribution in [-0.2, 0) is 0 Å². The number of hydrogen-bond acceptors (Lipinski definition) is 4. The van der Waals surface area contributed by atoms with Gasteiger partial charge in [0.15, 0.2) is 5.13 Å². The minimum atomic E-state index is -0.389. The van der Waals surface area contributed by atoms with E-state index in [1.807, 2.05) is 38.1 Å². The molecule has 6 nitrogen and oxygen atoms in total. The molecule has 1 aromatic carbocycles. The number of hydrogen-bond donors (Lipinski definition) is 3. The first-order valence-electron chi connectivity index (χ1n) is 6.90. The molecule has 1 aromatic heterocycles. The summed E-state index contributed by atoms with van der Waals surface area (Å²) in [7, 11) is 0. The number of carbonyl (C=O) groups is 2. The van der Waals surface area contributed by atoms with Crippen molar-refractivity contribution in [2.24, 2.45) is 0 Å². The third kappa shape index (κ3) is 4.05. The normalized spacial score (nSPS) is 10.1. The molecule has 1 heterocycles. The lowest BCUT2D eigenvalue weighted by molar-refractivity contribution is 0.0959. The monoisotopic (exact) mass is 318 g/mol. The Balaban J connectivity index is 2.01. The Labute approximate surface area is 133 Å². The van der Waals surface area contributed by atoms with E-state index < -0.39 is 0 Å². The van der Waals surface area contributed by atoms with Crippen LogP contribution in [0, 0.1) is 13.8 Å². The molecule has 0 atom stereocenters. The molecular weight excluding hydrogens is 300 g/mol. The molecule has 7 heteroatoms. The zero-order valence-corrected chi connectivity index (χ0v) is 13.5. The van der Waals surface area contributed by atoms with Gasteiger partial charge >= 0.3 is 6.03 Å². The molecule has 2 aromatic rings. The Hall–Kier alpha value is -2.41. The molecule has 22 heavy (non-hydrogen) atoms. The molecule has 0 aliphatic heterocycles. The number of aromatic nitrogens is 1. The van der Waals surface area contributed by atoms with Crippen LogP contribution in [0.2, 0.25) is 0 Å². The maximum atomic E-state index is 11.9. The molecule has 116 valence electrons. The van der Waals surface area contributed by atoms with Gasteiger partial charge in [-0.3, -0.25) is 10.1 Å². The lowest BCUT2D eigenvalue weighted by atomic mass is 10.2. The average Bonchev–Trinajstić information content (AvgIpc) is 2.82. The summed E-state index contributed by atoms with van der Waals surface area (Å²) in [5.41, 5.74) is 2.41. The van der Waals surface area contributed by atoms with Gasteiger partial charge in [0.2, 0.25) is 0 Å². The van der Waals surface area contributed by atoms with E-state index in [9.17, 15) is 9.59 Å². The average molecular weight is 318 g/mol. The first-order chi connectivity index (χ1) is 10.5. The van der Waals surface area contributed by atoms with Crippen molar-refractivity contribution < 1.29 is 9.59 Å². The van der Waals surface area contributed by atoms with Crippen LogP contribution in [0.25, 0.3) is 0 Å². The van der Waals surface area contributed by atoms with Crippen molar-refractivity contribution in [2.75, 3.05) is 17.2 Å². The van der Waals surface area contributed by atoms with E-state index in [1.54, 1.807) is 6.92 Å². The zero-order valence-electron chi connectivity index (χ0n) is 12.7. The Morgan fingerprint density at radius 3 is 2.45 bits per heavy atom. The standard InChI is InChI=1S/C15H18N4O2S/c1-4-16-13(20)12-10(3)17-15(22-12)19-14(21)18-11-7-5-9(2)6-8-11/h5-8H,4H2,1-3H3,(H,16,20)(H2,17,18,19,21). The van der Waals surface area contributed by atoms with Gasteiger partial charge in [-0.05, 0) is 32.9 Å². The van der Waals surface area contributed by atoms with Crippen molar-refractivity contribution >= 4 is 34.1 Å². The number of rotatable bonds is 4. The fourth-order valence-corrected chi connectivity index (χ4v) is 2.68. The van der Waals surface area contributed by atoms with E-state index in [0.717, 1.165) is 16.9 Å². The number of benzene rings is 1. The number of nitrogens with one attached hydrogen (secondary N) is 3. The molecule has 0 saturated heterocycles. The van der Waals surface area contributed by atoms with Crippen LogP contribution >= 0.6 is 11.3 Å². The van der Waals surface area contributed by atoms with E-state index in [2.05, 4.69) is 20.9 Å². The summed E-state index contributed by atoms with van der Waals surface area (Å²) in [6.07, 6.45) is 0. The molecule has 2 rings (SSSR count). The highest BCUT2D eigenvalue weighted by molar-refractivity contribution is 7.17. The van der Waals surface area contributed by atoms with Crippen LogP contribution in [-0.4, -0.2) is 23.5 Å². The Kier molecular flexibility index (Phi) is 5.11. The molecule has 0 spiro atoms. The number of aryl methyl sites for hydroxylation is 2. The second-order valence-electron chi connectivity index (χ2n) is 4.74. The maximum absolute atomic E-state index is 11.9. The van der Waals surface area contributed by atoms with E-state index in [0.29, 0.717) is 27.9 Å². The summed E-state index contributed by atoms with van der Waals surface area (Å²) in [5, 5.41) is 8.47. The summed E-state index contributed by atoms with van der Waals surface area (Å²) in [6, 6.07) is 7.08. The summed E-state index contributed by atoms with van der Waals surface area (Å²) < 4.78 is 0. The first-order valence-corrected chi connectivity index (χ1v) is 7.71. The predicted octanol–water partition coefficient (Wildman–Crippen LogP) is 3.15. The van der Waals surface area contributed by atoms with E-state index in [4.69, 9.17) is 0 Å². The van der Waals surface area contributed by atoms with Gasteiger partial charge in [0.1, 0.15) is 4.88 Å². The minimum absolute atomic E-state index is 0.176. The summed E-state index contributed by atoms with van der Waals surface area (Å²) in [6.45, 7) is 6.12. The Morgan fingerprint density at radius 1 is 1.14 bits per heavy atom. The Bertz CT molecular complexity index is 679. The number of carbonyl (C=O) groups excluding carboxylic acids is 2. The van der Waals surface area contributed by atoms with Crippen molar-refractivity contribution in [1.29, 1.82) is 0 Å². The van der Waals surface area contributed by atoms with Gasteiger partial charge in [-0.15, -0.1) is 0 Å². The van der Waals surface area contributed by atoms with Gasteiger partial charge in [0.05, 0.1) is 5.69 Å². The predicted molar refractivity (Wildman–Crippen MR) is 88.7 cm³/mol. The van der Waals surface area contributed by atoms with Gasteiger partial charge in [-0.1, -0.05) is 29.0 Å². The number of urea groups is 1. The van der Waals surface area contributed by atoms with Gasteiger partial charge in [0, 0.05) is 12.2 Å². The van der Waals surface area contributed by atoms with Crippen LogP contribution in [0.1, 0.15) is 27.9 Å². The molecule has 0 aliphatic carbocycles. The third-order valence-electron chi connectivity index (χ3n) is 2.87. The fourth-order valence-electron chi connectivity index (χ4n) is 1.80. The molecule has 0 unspecified atom stereocenters. The molecule has 3 N–H and O–H groups in total. The quantitative estimate of drug-likeness (QED) is 0.809. The van der Waals surface area contributed by atoms with Gasteiger partial charge in [-0.2, -0.15) is 0 Å². The van der Waals surface area contributed by atoms with Crippen LogP contribution in [0.3, 0.4) is 0 Å². The molecule has 0 radical (unpaired) electrons. The lowest BCUT2D eigenvalue weighted by Gasteiger charge is -2.05. The third-order valence-corrected chi connectivity index (χ3v) is 3.94. The largest absolute Gasteiger partial charge is 0.352 e. The first kappa shape index (κ1) is 16.0. The van der Waals surface area contributed by atoms with Crippen LogP contribution in [0.5, 0.6) is 0 Å². The van der Waals surface area contributed by atoms with E-state index >= 15 is 0 Å². The summed E-state index contributed by atoms with van der Waals surface area (Å²) >= 11 is 1.15. The summed E-state index contributed by atoms with van der Waals surface area (Å²) in [4.78, 5) is 28.4. The van der Waals surface area contributed by atoms with Crippen LogP contribution < -0.4 is 16.0 Å².